The van der Waals surface area contributed by atoms with E-state index in [1.807, 2.05) is 24.3 Å². The van der Waals surface area contributed by atoms with Crippen molar-refractivity contribution in [2.45, 2.75) is 44.5 Å². The van der Waals surface area contributed by atoms with E-state index >= 15 is 0 Å². The lowest BCUT2D eigenvalue weighted by molar-refractivity contribution is 0.0915. The Bertz CT molecular complexity index is 502. The van der Waals surface area contributed by atoms with Gasteiger partial charge in [0.25, 0.3) is 5.91 Å². The van der Waals surface area contributed by atoms with E-state index in [-0.39, 0.29) is 11.9 Å². The molecule has 1 amide bonds. The third kappa shape index (κ3) is 2.71. The van der Waals surface area contributed by atoms with Crippen LogP contribution in [-0.2, 0) is 5.88 Å². The van der Waals surface area contributed by atoms with E-state index in [0.717, 1.165) is 23.0 Å². The van der Waals surface area contributed by atoms with E-state index in [4.69, 9.17) is 11.6 Å². The molecular weight excluding hydrogens is 270 g/mol. The molecule has 2 fully saturated rings. The molecule has 0 aromatic heterocycles. The Labute approximate surface area is 125 Å². The van der Waals surface area contributed by atoms with Gasteiger partial charge in [-0.05, 0) is 61.6 Å². The van der Waals surface area contributed by atoms with Gasteiger partial charge < -0.3 is 5.32 Å². The molecule has 2 bridgehead atoms. The van der Waals surface area contributed by atoms with Crippen molar-refractivity contribution in [3.8, 4) is 0 Å². The summed E-state index contributed by atoms with van der Waals surface area (Å²) in [5.74, 6) is 2.91. The van der Waals surface area contributed by atoms with Gasteiger partial charge in [0.1, 0.15) is 0 Å². The van der Waals surface area contributed by atoms with Gasteiger partial charge in [-0.2, -0.15) is 0 Å². The van der Waals surface area contributed by atoms with E-state index in [1.165, 1.54) is 25.7 Å². The lowest BCUT2D eigenvalue weighted by Gasteiger charge is -2.28. The smallest absolute Gasteiger partial charge is 0.251 e. The monoisotopic (exact) mass is 291 g/mol. The molecule has 3 rings (SSSR count). The normalized spacial score (nSPS) is 29.4. The number of carbonyl (C=O) groups excluding carboxylic acids is 1. The highest BCUT2D eigenvalue weighted by Gasteiger charge is 2.42. The Kier molecular flexibility index (Phi) is 4.02. The predicted molar refractivity (Wildman–Crippen MR) is 81.9 cm³/mol. The molecule has 2 nitrogen and oxygen atoms in total. The third-order valence-electron chi connectivity index (χ3n) is 5.14. The second kappa shape index (κ2) is 5.77. The maximum Gasteiger partial charge on any atom is 0.251 e. The number of fused-ring (bicyclic) bond motifs is 2. The minimum absolute atomic E-state index is 0.0345. The molecule has 0 aliphatic heterocycles. The summed E-state index contributed by atoms with van der Waals surface area (Å²) in [6.45, 7) is 2.16. The van der Waals surface area contributed by atoms with Crippen LogP contribution in [0.1, 0.15) is 48.5 Å². The molecule has 0 saturated heterocycles. The summed E-state index contributed by atoms with van der Waals surface area (Å²) in [5.41, 5.74) is 1.71. The van der Waals surface area contributed by atoms with Crippen molar-refractivity contribution in [3.05, 3.63) is 35.4 Å². The number of hydrogen-bond donors (Lipinski definition) is 1. The lowest BCUT2D eigenvalue weighted by Crippen LogP contribution is -2.40. The quantitative estimate of drug-likeness (QED) is 0.835. The molecule has 1 aromatic carbocycles. The molecule has 1 N–H and O–H groups in total. The molecule has 2 aliphatic carbocycles. The zero-order chi connectivity index (χ0) is 14.1. The molecule has 4 unspecified atom stereocenters. The summed E-state index contributed by atoms with van der Waals surface area (Å²) in [7, 11) is 0. The average Bonchev–Trinajstić information content (AvgIpc) is 3.10. The van der Waals surface area contributed by atoms with Crippen LogP contribution >= 0.6 is 11.6 Å². The first-order valence-corrected chi connectivity index (χ1v) is 8.16. The fourth-order valence-corrected chi connectivity index (χ4v) is 4.27. The van der Waals surface area contributed by atoms with E-state index in [9.17, 15) is 4.79 Å². The molecule has 0 heterocycles. The maximum absolute atomic E-state index is 12.3. The average molecular weight is 292 g/mol. The third-order valence-corrected chi connectivity index (χ3v) is 5.45. The maximum atomic E-state index is 12.3. The van der Waals surface area contributed by atoms with Gasteiger partial charge in [0.15, 0.2) is 0 Å². The van der Waals surface area contributed by atoms with Gasteiger partial charge in [-0.1, -0.05) is 18.6 Å². The molecule has 1 aromatic rings. The largest absolute Gasteiger partial charge is 0.349 e. The zero-order valence-corrected chi connectivity index (χ0v) is 12.7. The van der Waals surface area contributed by atoms with E-state index in [0.29, 0.717) is 11.8 Å². The van der Waals surface area contributed by atoms with E-state index < -0.39 is 0 Å². The number of benzene rings is 1. The van der Waals surface area contributed by atoms with Gasteiger partial charge in [0, 0.05) is 17.5 Å². The second-order valence-corrected chi connectivity index (χ2v) is 6.70. The summed E-state index contributed by atoms with van der Waals surface area (Å²) in [5, 5.41) is 3.19. The molecular formula is C17H22ClNO. The Morgan fingerprint density at radius 1 is 1.40 bits per heavy atom. The van der Waals surface area contributed by atoms with E-state index in [1.54, 1.807) is 0 Å². The van der Waals surface area contributed by atoms with Crippen LogP contribution in [-0.4, -0.2) is 11.9 Å². The topological polar surface area (TPSA) is 29.1 Å². The van der Waals surface area contributed by atoms with Crippen molar-refractivity contribution in [1.29, 1.82) is 0 Å². The molecule has 3 heteroatoms. The molecule has 0 spiro atoms. The number of nitrogens with one attached hydrogen (secondary N) is 1. The molecule has 20 heavy (non-hydrogen) atoms. The Balaban J connectivity index is 1.63. The number of rotatable bonds is 4. The molecule has 0 radical (unpaired) electrons. The zero-order valence-electron chi connectivity index (χ0n) is 11.9. The number of amides is 1. The van der Waals surface area contributed by atoms with Crippen molar-refractivity contribution < 1.29 is 4.79 Å². The van der Waals surface area contributed by atoms with Crippen molar-refractivity contribution >= 4 is 17.5 Å². The second-order valence-electron chi connectivity index (χ2n) is 6.43. The van der Waals surface area contributed by atoms with Gasteiger partial charge in [-0.15, -0.1) is 11.6 Å². The summed E-state index contributed by atoms with van der Waals surface area (Å²) in [6.07, 6.45) is 5.44. The van der Waals surface area contributed by atoms with Gasteiger partial charge in [0.2, 0.25) is 0 Å². The van der Waals surface area contributed by atoms with Crippen molar-refractivity contribution in [1.82, 2.24) is 5.32 Å². The molecule has 4 atom stereocenters. The Morgan fingerprint density at radius 3 is 2.90 bits per heavy atom. The van der Waals surface area contributed by atoms with Gasteiger partial charge in [-0.3, -0.25) is 4.79 Å². The van der Waals surface area contributed by atoms with Crippen LogP contribution in [0.25, 0.3) is 0 Å². The standard InChI is InChI=1S/C17H22ClNO/c1-11(16-9-12-5-6-14(16)7-12)19-17(20)15-4-2-3-13(8-15)10-18/h2-4,8,11-12,14,16H,5-7,9-10H2,1H3,(H,19,20). The van der Waals surface area contributed by atoms with Crippen LogP contribution < -0.4 is 5.32 Å². The number of alkyl halides is 1. The SMILES string of the molecule is CC(NC(=O)c1cccc(CCl)c1)C1CC2CCC1C2. The van der Waals surface area contributed by atoms with Crippen LogP contribution in [0.3, 0.4) is 0 Å². The Morgan fingerprint density at radius 2 is 2.25 bits per heavy atom. The highest BCUT2D eigenvalue weighted by Crippen LogP contribution is 2.49. The van der Waals surface area contributed by atoms with Crippen LogP contribution in [0.15, 0.2) is 24.3 Å². The molecule has 2 saturated carbocycles. The highest BCUT2D eigenvalue weighted by molar-refractivity contribution is 6.17. The fraction of sp³-hybridized carbons (Fsp3) is 0.588. The van der Waals surface area contributed by atoms with Crippen LogP contribution in [0.4, 0.5) is 0 Å². The first-order valence-electron chi connectivity index (χ1n) is 7.63. The molecule has 2 aliphatic rings. The highest BCUT2D eigenvalue weighted by atomic mass is 35.5. The van der Waals surface area contributed by atoms with E-state index in [2.05, 4.69) is 12.2 Å². The van der Waals surface area contributed by atoms with Crippen LogP contribution in [0.2, 0.25) is 0 Å². The van der Waals surface area contributed by atoms with Crippen molar-refractivity contribution in [2.75, 3.05) is 0 Å². The van der Waals surface area contributed by atoms with Crippen LogP contribution in [0, 0.1) is 17.8 Å². The molecule has 108 valence electrons. The van der Waals surface area contributed by atoms with Crippen LogP contribution in [0.5, 0.6) is 0 Å². The summed E-state index contributed by atoms with van der Waals surface area (Å²) >= 11 is 5.82. The minimum atomic E-state index is 0.0345. The minimum Gasteiger partial charge on any atom is -0.349 e. The summed E-state index contributed by atoms with van der Waals surface area (Å²) < 4.78 is 0. The predicted octanol–water partition coefficient (Wildman–Crippen LogP) is 3.98. The van der Waals surface area contributed by atoms with Crippen molar-refractivity contribution in [3.63, 3.8) is 0 Å². The first-order chi connectivity index (χ1) is 9.67. The number of halogens is 1. The lowest BCUT2D eigenvalue weighted by atomic mass is 9.84. The van der Waals surface area contributed by atoms with Crippen molar-refractivity contribution in [2.24, 2.45) is 17.8 Å². The summed E-state index contributed by atoms with van der Waals surface area (Å²) in [6, 6.07) is 7.87. The number of carbonyl (C=O) groups is 1. The van der Waals surface area contributed by atoms with Gasteiger partial charge in [0.05, 0.1) is 0 Å². The van der Waals surface area contributed by atoms with Gasteiger partial charge >= 0.3 is 0 Å². The van der Waals surface area contributed by atoms with Gasteiger partial charge in [-0.25, -0.2) is 0 Å². The number of hydrogen-bond acceptors (Lipinski definition) is 1. The Hall–Kier alpha value is -1.02. The fourth-order valence-electron chi connectivity index (χ4n) is 4.10. The summed E-state index contributed by atoms with van der Waals surface area (Å²) in [4.78, 5) is 12.3. The first kappa shape index (κ1) is 13.9.